The highest BCUT2D eigenvalue weighted by Crippen LogP contribution is 2.38. The number of rotatable bonds is 2. The standard InChI is InChI=1S/C10H6BrF5O/c1-5-4-6(11)2-3-7(5)8(17)9(12,13)10(14,15)16/h2-4H,1H3. The van der Waals surface area contributed by atoms with Gasteiger partial charge in [-0.25, -0.2) is 0 Å². The Balaban J connectivity index is 3.22. The summed E-state index contributed by atoms with van der Waals surface area (Å²) in [5.74, 6) is -7.61. The van der Waals surface area contributed by atoms with Crippen molar-refractivity contribution in [3.05, 3.63) is 33.8 Å². The maximum atomic E-state index is 12.8. The second-order valence-corrected chi connectivity index (χ2v) is 4.28. The zero-order valence-electron chi connectivity index (χ0n) is 8.41. The van der Waals surface area contributed by atoms with Gasteiger partial charge in [-0.2, -0.15) is 22.0 Å². The van der Waals surface area contributed by atoms with Gasteiger partial charge in [0, 0.05) is 10.0 Å². The Morgan fingerprint density at radius 2 is 1.71 bits per heavy atom. The molecule has 1 rings (SSSR count). The first kappa shape index (κ1) is 14.1. The summed E-state index contributed by atoms with van der Waals surface area (Å²) in [6.45, 7) is 1.28. The quantitative estimate of drug-likeness (QED) is 0.592. The molecule has 0 fully saturated rings. The van der Waals surface area contributed by atoms with Crippen molar-refractivity contribution >= 4 is 21.7 Å². The molecule has 0 saturated carbocycles. The highest BCUT2D eigenvalue weighted by Gasteiger charge is 2.63. The number of ketones is 1. The van der Waals surface area contributed by atoms with E-state index in [4.69, 9.17) is 0 Å². The summed E-state index contributed by atoms with van der Waals surface area (Å²) < 4.78 is 62.1. The average Bonchev–Trinajstić information content (AvgIpc) is 2.14. The van der Waals surface area contributed by atoms with Crippen LogP contribution in [0.25, 0.3) is 0 Å². The van der Waals surface area contributed by atoms with Gasteiger partial charge in [0.2, 0.25) is 5.78 Å². The van der Waals surface area contributed by atoms with Crippen LogP contribution in [0.1, 0.15) is 15.9 Å². The molecule has 0 N–H and O–H groups in total. The maximum Gasteiger partial charge on any atom is 0.461 e. The number of carbonyl (C=O) groups excluding carboxylic acids is 1. The number of hydrogen-bond donors (Lipinski definition) is 0. The van der Waals surface area contributed by atoms with Gasteiger partial charge >= 0.3 is 12.1 Å². The second-order valence-electron chi connectivity index (χ2n) is 3.36. The van der Waals surface area contributed by atoms with E-state index < -0.39 is 23.4 Å². The van der Waals surface area contributed by atoms with Gasteiger partial charge in [-0.1, -0.05) is 15.9 Å². The van der Waals surface area contributed by atoms with Crippen LogP contribution in [-0.2, 0) is 0 Å². The third-order valence-corrected chi connectivity index (χ3v) is 2.57. The van der Waals surface area contributed by atoms with Gasteiger partial charge in [-0.3, -0.25) is 4.79 Å². The molecule has 0 bridgehead atoms. The Morgan fingerprint density at radius 1 is 1.18 bits per heavy atom. The summed E-state index contributed by atoms with van der Waals surface area (Å²) >= 11 is 3.01. The molecule has 1 aromatic carbocycles. The fraction of sp³-hybridized carbons (Fsp3) is 0.300. The van der Waals surface area contributed by atoms with E-state index in [2.05, 4.69) is 15.9 Å². The van der Waals surface area contributed by atoms with Crippen LogP contribution in [0.2, 0.25) is 0 Å². The molecule has 0 aliphatic heterocycles. The molecule has 0 radical (unpaired) electrons. The Labute approximate surface area is 102 Å². The van der Waals surface area contributed by atoms with E-state index in [1.54, 1.807) is 0 Å². The van der Waals surface area contributed by atoms with Gasteiger partial charge in [0.25, 0.3) is 0 Å². The number of halogens is 6. The number of carbonyl (C=O) groups is 1. The fourth-order valence-corrected chi connectivity index (χ4v) is 1.66. The van der Waals surface area contributed by atoms with E-state index in [1.807, 2.05) is 0 Å². The van der Waals surface area contributed by atoms with Gasteiger partial charge in [-0.15, -0.1) is 0 Å². The lowest BCUT2D eigenvalue weighted by Gasteiger charge is -2.19. The molecule has 0 heterocycles. The molecule has 0 aliphatic rings. The molecule has 0 spiro atoms. The molecule has 94 valence electrons. The zero-order chi connectivity index (χ0) is 13.4. The minimum atomic E-state index is -5.89. The Morgan fingerprint density at radius 3 is 2.12 bits per heavy atom. The van der Waals surface area contributed by atoms with Crippen molar-refractivity contribution in [1.82, 2.24) is 0 Å². The summed E-state index contributed by atoms with van der Waals surface area (Å²) in [5, 5.41) is 0. The van der Waals surface area contributed by atoms with Crippen molar-refractivity contribution in [1.29, 1.82) is 0 Å². The summed E-state index contributed by atoms with van der Waals surface area (Å²) in [6, 6.07) is 3.45. The molecule has 1 nitrogen and oxygen atoms in total. The number of alkyl halides is 5. The van der Waals surface area contributed by atoms with Crippen molar-refractivity contribution in [2.24, 2.45) is 0 Å². The molecule has 0 aliphatic carbocycles. The first-order valence-corrected chi connectivity index (χ1v) is 5.12. The van der Waals surface area contributed by atoms with Crippen LogP contribution in [0.4, 0.5) is 22.0 Å². The second kappa shape index (κ2) is 4.36. The molecule has 17 heavy (non-hydrogen) atoms. The third-order valence-electron chi connectivity index (χ3n) is 2.07. The van der Waals surface area contributed by atoms with Crippen LogP contribution in [0.15, 0.2) is 22.7 Å². The summed E-state index contributed by atoms with van der Waals surface area (Å²) in [4.78, 5) is 11.2. The molecule has 7 heteroatoms. The van der Waals surface area contributed by atoms with Crippen molar-refractivity contribution in [3.8, 4) is 0 Å². The predicted molar refractivity (Wildman–Crippen MR) is 54.2 cm³/mol. The Kier molecular flexibility index (Phi) is 3.61. The van der Waals surface area contributed by atoms with Crippen LogP contribution < -0.4 is 0 Å². The summed E-state index contributed by atoms with van der Waals surface area (Å²) in [6.07, 6.45) is -5.89. The number of Topliss-reactive ketones (excluding diaryl/α,β-unsaturated/α-hetero) is 1. The third kappa shape index (κ3) is 2.65. The minimum Gasteiger partial charge on any atom is -0.287 e. The molecule has 1 aromatic rings. The van der Waals surface area contributed by atoms with E-state index in [-0.39, 0.29) is 5.56 Å². The van der Waals surface area contributed by atoms with Crippen LogP contribution in [-0.4, -0.2) is 17.9 Å². The van der Waals surface area contributed by atoms with Gasteiger partial charge < -0.3 is 0 Å². The van der Waals surface area contributed by atoms with Crippen molar-refractivity contribution in [2.45, 2.75) is 19.0 Å². The topological polar surface area (TPSA) is 17.1 Å². The molecular formula is C10H6BrF5O. The lowest BCUT2D eigenvalue weighted by Crippen LogP contribution is -2.44. The van der Waals surface area contributed by atoms with E-state index >= 15 is 0 Å². The SMILES string of the molecule is Cc1cc(Br)ccc1C(=O)C(F)(F)C(F)(F)F. The van der Waals surface area contributed by atoms with Gasteiger partial charge in [0.05, 0.1) is 0 Å². The molecule has 0 amide bonds. The largest absolute Gasteiger partial charge is 0.461 e. The Hall–Kier alpha value is -0.980. The molecular weight excluding hydrogens is 311 g/mol. The Bertz CT molecular complexity index is 452. The highest BCUT2D eigenvalue weighted by molar-refractivity contribution is 9.10. The molecule has 0 atom stereocenters. The van der Waals surface area contributed by atoms with Crippen LogP contribution in [0.3, 0.4) is 0 Å². The van der Waals surface area contributed by atoms with Crippen molar-refractivity contribution in [3.63, 3.8) is 0 Å². The smallest absolute Gasteiger partial charge is 0.287 e. The molecule has 0 saturated heterocycles. The van der Waals surface area contributed by atoms with Gasteiger partial charge in [-0.05, 0) is 30.7 Å². The minimum absolute atomic E-state index is 0.0494. The van der Waals surface area contributed by atoms with E-state index in [0.717, 1.165) is 6.07 Å². The van der Waals surface area contributed by atoms with Gasteiger partial charge in [0.15, 0.2) is 0 Å². The van der Waals surface area contributed by atoms with E-state index in [0.29, 0.717) is 4.47 Å². The first-order valence-electron chi connectivity index (χ1n) is 4.33. The average molecular weight is 317 g/mol. The van der Waals surface area contributed by atoms with E-state index in [1.165, 1.54) is 19.1 Å². The maximum absolute atomic E-state index is 12.8. The first-order chi connectivity index (χ1) is 7.57. The van der Waals surface area contributed by atoms with E-state index in [9.17, 15) is 26.7 Å². The number of benzene rings is 1. The number of hydrogen-bond acceptors (Lipinski definition) is 1. The fourth-order valence-electron chi connectivity index (χ4n) is 1.18. The zero-order valence-corrected chi connectivity index (χ0v) is 9.99. The van der Waals surface area contributed by atoms with Crippen LogP contribution in [0.5, 0.6) is 0 Å². The molecule has 0 unspecified atom stereocenters. The summed E-state index contributed by atoms with van der Waals surface area (Å²) in [7, 11) is 0. The normalized spacial score (nSPS) is 12.6. The van der Waals surface area contributed by atoms with Gasteiger partial charge in [0.1, 0.15) is 0 Å². The predicted octanol–water partition coefficient (Wildman–Crippen LogP) is 4.14. The van der Waals surface area contributed by atoms with Crippen molar-refractivity contribution in [2.75, 3.05) is 0 Å². The lowest BCUT2D eigenvalue weighted by molar-refractivity contribution is -0.255. The highest BCUT2D eigenvalue weighted by atomic mass is 79.9. The van der Waals surface area contributed by atoms with Crippen LogP contribution in [0, 0.1) is 6.92 Å². The molecule has 0 aromatic heterocycles. The summed E-state index contributed by atoms with van der Waals surface area (Å²) in [5.41, 5.74) is -0.594. The van der Waals surface area contributed by atoms with Crippen LogP contribution >= 0.6 is 15.9 Å². The van der Waals surface area contributed by atoms with Crippen molar-refractivity contribution < 1.29 is 26.7 Å². The monoisotopic (exact) mass is 316 g/mol. The lowest BCUT2D eigenvalue weighted by atomic mass is 10.0. The number of aryl methyl sites for hydroxylation is 1.